The molecular formula is C22H23N3O2. The summed E-state index contributed by atoms with van der Waals surface area (Å²) in [6.45, 7) is 1.82. The molecule has 0 bridgehead atoms. The smallest absolute Gasteiger partial charge is 0.242 e. The molecule has 2 heterocycles. The van der Waals surface area contributed by atoms with E-state index in [2.05, 4.69) is 0 Å². The van der Waals surface area contributed by atoms with Gasteiger partial charge in [0, 0.05) is 29.9 Å². The summed E-state index contributed by atoms with van der Waals surface area (Å²) in [5.41, 5.74) is 7.86. The van der Waals surface area contributed by atoms with Gasteiger partial charge >= 0.3 is 0 Å². The fourth-order valence-electron chi connectivity index (χ4n) is 4.99. The standard InChI is InChI=1S/C22H23N3O2/c23-18-10-9-14-11-24(12-17(14)18)21(26)13-25-19-7-3-1-5-15(19)22(27)16-6-2-4-8-20(16)25/h1-8,14,17-18H,9-13,23H2. The van der Waals surface area contributed by atoms with Crippen LogP contribution >= 0.6 is 0 Å². The number of nitrogens with two attached hydrogens (primary N) is 1. The molecule has 0 radical (unpaired) electrons. The fraction of sp³-hybridized carbons (Fsp3) is 0.364. The SMILES string of the molecule is NC1CCC2CN(C(=O)Cn3c4ccccc4c(=O)c4ccccc43)CC12. The van der Waals surface area contributed by atoms with E-state index in [1.807, 2.05) is 58.0 Å². The monoisotopic (exact) mass is 361 g/mol. The van der Waals surface area contributed by atoms with Gasteiger partial charge in [0.1, 0.15) is 6.54 Å². The average molecular weight is 361 g/mol. The van der Waals surface area contributed by atoms with Crippen LogP contribution in [0, 0.1) is 11.8 Å². The maximum atomic E-state index is 13.1. The van der Waals surface area contributed by atoms with E-state index in [1.165, 1.54) is 0 Å². The summed E-state index contributed by atoms with van der Waals surface area (Å²) in [7, 11) is 0. The van der Waals surface area contributed by atoms with E-state index in [9.17, 15) is 9.59 Å². The molecular weight excluding hydrogens is 338 g/mol. The van der Waals surface area contributed by atoms with Gasteiger partial charge in [-0.1, -0.05) is 24.3 Å². The Kier molecular flexibility index (Phi) is 3.79. The molecule has 1 aliphatic heterocycles. The van der Waals surface area contributed by atoms with E-state index in [-0.39, 0.29) is 23.9 Å². The van der Waals surface area contributed by atoms with Crippen molar-refractivity contribution in [3.63, 3.8) is 0 Å². The van der Waals surface area contributed by atoms with E-state index in [0.717, 1.165) is 37.0 Å². The van der Waals surface area contributed by atoms with Gasteiger partial charge < -0.3 is 15.2 Å². The second-order valence-corrected chi connectivity index (χ2v) is 7.91. The molecule has 3 aromatic rings. The Hall–Kier alpha value is -2.66. The van der Waals surface area contributed by atoms with E-state index >= 15 is 0 Å². The number of pyridine rings is 1. The number of fused-ring (bicyclic) bond motifs is 3. The normalized spacial score (nSPS) is 24.6. The van der Waals surface area contributed by atoms with E-state index in [4.69, 9.17) is 5.73 Å². The van der Waals surface area contributed by atoms with Crippen LogP contribution < -0.4 is 11.2 Å². The van der Waals surface area contributed by atoms with Gasteiger partial charge in [-0.15, -0.1) is 0 Å². The zero-order valence-corrected chi connectivity index (χ0v) is 15.2. The minimum absolute atomic E-state index is 0.0200. The largest absolute Gasteiger partial charge is 0.341 e. The average Bonchev–Trinajstić information content (AvgIpc) is 3.27. The van der Waals surface area contributed by atoms with E-state index in [1.54, 1.807) is 0 Å². The molecule has 1 saturated carbocycles. The topological polar surface area (TPSA) is 68.3 Å². The molecule has 1 aromatic heterocycles. The zero-order chi connectivity index (χ0) is 18.5. The van der Waals surface area contributed by atoms with Crippen molar-refractivity contribution in [1.29, 1.82) is 0 Å². The van der Waals surface area contributed by atoms with Crippen molar-refractivity contribution < 1.29 is 4.79 Å². The van der Waals surface area contributed by atoms with Gasteiger partial charge in [0.15, 0.2) is 5.43 Å². The summed E-state index contributed by atoms with van der Waals surface area (Å²) in [6, 6.07) is 15.3. The maximum Gasteiger partial charge on any atom is 0.242 e. The number of hydrogen-bond acceptors (Lipinski definition) is 3. The Balaban J connectivity index is 1.55. The van der Waals surface area contributed by atoms with Gasteiger partial charge in [-0.2, -0.15) is 0 Å². The summed E-state index contributed by atoms with van der Waals surface area (Å²) < 4.78 is 1.99. The van der Waals surface area contributed by atoms with Crippen molar-refractivity contribution in [2.24, 2.45) is 17.6 Å². The molecule has 27 heavy (non-hydrogen) atoms. The number of para-hydroxylation sites is 2. The molecule has 2 fully saturated rings. The van der Waals surface area contributed by atoms with Gasteiger partial charge in [-0.05, 0) is 48.9 Å². The van der Waals surface area contributed by atoms with E-state index < -0.39 is 0 Å². The van der Waals surface area contributed by atoms with E-state index in [0.29, 0.717) is 22.6 Å². The number of carbonyl (C=O) groups excluding carboxylic acids is 1. The molecule has 2 aliphatic rings. The third kappa shape index (κ3) is 2.57. The summed E-state index contributed by atoms with van der Waals surface area (Å²) in [5.74, 6) is 1.10. The predicted octanol–water partition coefficient (Wildman–Crippen LogP) is 2.35. The van der Waals surface area contributed by atoms with Crippen LogP contribution in [0.15, 0.2) is 53.3 Å². The summed E-state index contributed by atoms with van der Waals surface area (Å²) in [6.07, 6.45) is 2.20. The van der Waals surface area contributed by atoms with Crippen molar-refractivity contribution in [3.8, 4) is 0 Å². The Morgan fingerprint density at radius 1 is 0.963 bits per heavy atom. The molecule has 1 amide bonds. The third-order valence-corrected chi connectivity index (χ3v) is 6.44. The molecule has 5 rings (SSSR count). The Bertz CT molecular complexity index is 1040. The number of aromatic nitrogens is 1. The molecule has 2 N–H and O–H groups in total. The van der Waals surface area contributed by atoms with Crippen LogP contribution in [-0.2, 0) is 11.3 Å². The van der Waals surface area contributed by atoms with Crippen LogP contribution in [0.3, 0.4) is 0 Å². The molecule has 5 nitrogen and oxygen atoms in total. The minimum Gasteiger partial charge on any atom is -0.341 e. The number of likely N-dealkylation sites (tertiary alicyclic amines) is 1. The van der Waals surface area contributed by atoms with Crippen molar-refractivity contribution >= 4 is 27.7 Å². The Labute approximate surface area is 157 Å². The summed E-state index contributed by atoms with van der Waals surface area (Å²) >= 11 is 0. The molecule has 0 spiro atoms. The molecule has 3 atom stereocenters. The van der Waals surface area contributed by atoms with Crippen molar-refractivity contribution in [2.75, 3.05) is 13.1 Å². The highest BCUT2D eigenvalue weighted by Crippen LogP contribution is 2.37. The van der Waals surface area contributed by atoms with Crippen LogP contribution in [0.4, 0.5) is 0 Å². The first-order chi connectivity index (χ1) is 13.1. The fourth-order valence-corrected chi connectivity index (χ4v) is 4.99. The minimum atomic E-state index is 0.0200. The van der Waals surface area contributed by atoms with Gasteiger partial charge in [0.25, 0.3) is 0 Å². The highest BCUT2D eigenvalue weighted by Gasteiger charge is 2.42. The quantitative estimate of drug-likeness (QED) is 0.713. The van der Waals surface area contributed by atoms with Crippen LogP contribution in [0.25, 0.3) is 21.8 Å². The second-order valence-electron chi connectivity index (χ2n) is 7.91. The molecule has 3 unspecified atom stereocenters. The zero-order valence-electron chi connectivity index (χ0n) is 15.2. The molecule has 5 heteroatoms. The third-order valence-electron chi connectivity index (χ3n) is 6.44. The highest BCUT2D eigenvalue weighted by atomic mass is 16.2. The number of rotatable bonds is 2. The molecule has 2 aromatic carbocycles. The van der Waals surface area contributed by atoms with Crippen molar-refractivity contribution in [2.45, 2.75) is 25.4 Å². The number of carbonyl (C=O) groups is 1. The predicted molar refractivity (Wildman–Crippen MR) is 106 cm³/mol. The van der Waals surface area contributed by atoms with Gasteiger partial charge in [0.05, 0.1) is 11.0 Å². The summed E-state index contributed by atoms with van der Waals surface area (Å²) in [5, 5.41) is 1.31. The Morgan fingerprint density at radius 3 is 2.22 bits per heavy atom. The lowest BCUT2D eigenvalue weighted by molar-refractivity contribution is -0.131. The van der Waals surface area contributed by atoms with Crippen molar-refractivity contribution in [3.05, 3.63) is 58.8 Å². The summed E-state index contributed by atoms with van der Waals surface area (Å²) in [4.78, 5) is 27.9. The van der Waals surface area contributed by atoms with Gasteiger partial charge in [-0.3, -0.25) is 9.59 Å². The number of amides is 1. The first-order valence-electron chi connectivity index (χ1n) is 9.67. The maximum absolute atomic E-state index is 13.1. The van der Waals surface area contributed by atoms with Crippen LogP contribution in [0.1, 0.15) is 12.8 Å². The number of benzene rings is 2. The molecule has 138 valence electrons. The van der Waals surface area contributed by atoms with Crippen LogP contribution in [0.2, 0.25) is 0 Å². The first-order valence-corrected chi connectivity index (χ1v) is 9.67. The number of nitrogens with zero attached hydrogens (tertiary/aromatic N) is 2. The first kappa shape index (κ1) is 16.5. The van der Waals surface area contributed by atoms with Crippen LogP contribution in [0.5, 0.6) is 0 Å². The highest BCUT2D eigenvalue weighted by molar-refractivity contribution is 5.94. The number of hydrogen-bond donors (Lipinski definition) is 1. The molecule has 1 aliphatic carbocycles. The van der Waals surface area contributed by atoms with Crippen LogP contribution in [-0.4, -0.2) is 34.5 Å². The molecule has 1 saturated heterocycles. The van der Waals surface area contributed by atoms with Gasteiger partial charge in [0.2, 0.25) is 5.91 Å². The Morgan fingerprint density at radius 2 is 1.59 bits per heavy atom. The van der Waals surface area contributed by atoms with Gasteiger partial charge in [-0.25, -0.2) is 0 Å². The second kappa shape index (κ2) is 6.20. The lowest BCUT2D eigenvalue weighted by Crippen LogP contribution is -2.35. The van der Waals surface area contributed by atoms with Crippen molar-refractivity contribution in [1.82, 2.24) is 9.47 Å². The lowest BCUT2D eigenvalue weighted by atomic mass is 9.98. The lowest BCUT2D eigenvalue weighted by Gasteiger charge is -2.21.